The molecule has 2 unspecified atom stereocenters. The average Bonchev–Trinajstić information content (AvgIpc) is 1.84. The van der Waals surface area contributed by atoms with Gasteiger partial charge in [0, 0.05) is 11.1 Å². The van der Waals surface area contributed by atoms with Gasteiger partial charge in [-0.3, -0.25) is 0 Å². The summed E-state index contributed by atoms with van der Waals surface area (Å²) in [6.45, 7) is 5.42. The van der Waals surface area contributed by atoms with Gasteiger partial charge in [0.25, 0.3) is 0 Å². The summed E-state index contributed by atoms with van der Waals surface area (Å²) in [6, 6.07) is 0. The number of rotatable bonds is 5. The largest absolute Gasteiger partial charge is 0.229 e. The molecule has 0 heterocycles. The van der Waals surface area contributed by atoms with Crippen molar-refractivity contribution in [2.75, 3.05) is 6.26 Å². The molecule has 0 aliphatic heterocycles. The summed E-state index contributed by atoms with van der Waals surface area (Å²) in [5, 5.41) is -0.296. The first-order chi connectivity index (χ1) is 5.39. The van der Waals surface area contributed by atoms with Crippen molar-refractivity contribution in [2.24, 2.45) is 0 Å². The smallest absolute Gasteiger partial charge is 0.151 e. The summed E-state index contributed by atoms with van der Waals surface area (Å²) in [5.41, 5.74) is 0. The molecule has 0 N–H and O–H groups in total. The molecule has 0 aromatic carbocycles. The Morgan fingerprint density at radius 1 is 1.58 bits per heavy atom. The van der Waals surface area contributed by atoms with Crippen LogP contribution >= 0.6 is 15.9 Å². The minimum absolute atomic E-state index is 0.00690. The third-order valence-corrected chi connectivity index (χ3v) is 4.45. The summed E-state index contributed by atoms with van der Waals surface area (Å²) in [7, 11) is -2.93. The molecular weight excluding hydrogens is 240 g/mol. The Morgan fingerprint density at radius 3 is 2.33 bits per heavy atom. The first-order valence-electron chi connectivity index (χ1n) is 3.83. The molecule has 0 aromatic heterocycles. The maximum Gasteiger partial charge on any atom is 0.151 e. The van der Waals surface area contributed by atoms with Crippen molar-refractivity contribution in [2.45, 2.75) is 29.8 Å². The van der Waals surface area contributed by atoms with Crippen LogP contribution in [0.1, 0.15) is 19.8 Å². The summed E-state index contributed by atoms with van der Waals surface area (Å²) in [5.74, 6) is 0. The summed E-state index contributed by atoms with van der Waals surface area (Å²) >= 11 is 3.29. The number of allylic oxidation sites excluding steroid dienone is 1. The summed E-state index contributed by atoms with van der Waals surface area (Å²) in [4.78, 5) is 0.00690. The van der Waals surface area contributed by atoms with E-state index in [-0.39, 0.29) is 10.1 Å². The van der Waals surface area contributed by atoms with Crippen molar-refractivity contribution in [1.82, 2.24) is 0 Å². The molecule has 0 aliphatic carbocycles. The van der Waals surface area contributed by atoms with Crippen molar-refractivity contribution in [3.8, 4) is 0 Å². The quantitative estimate of drug-likeness (QED) is 0.557. The van der Waals surface area contributed by atoms with Crippen LogP contribution in [0, 0.1) is 0 Å². The molecule has 72 valence electrons. The molecule has 0 rings (SSSR count). The number of sulfone groups is 1. The van der Waals surface area contributed by atoms with E-state index in [0.29, 0.717) is 6.42 Å². The number of alkyl halides is 1. The molecule has 4 heteroatoms. The van der Waals surface area contributed by atoms with Crippen LogP contribution in [0.3, 0.4) is 0 Å². The second-order valence-electron chi connectivity index (χ2n) is 2.91. The van der Waals surface area contributed by atoms with Crippen LogP contribution in [0.25, 0.3) is 0 Å². The standard InChI is InChI=1S/C8H15BrO2S/c1-4-5-6-8(7(2)9)12(3,10)11/h4,7-8H,1,5-6H2,2-3H3. The van der Waals surface area contributed by atoms with Gasteiger partial charge in [0.2, 0.25) is 0 Å². The molecule has 0 spiro atoms. The maximum absolute atomic E-state index is 11.2. The maximum atomic E-state index is 11.2. The van der Waals surface area contributed by atoms with E-state index in [1.165, 1.54) is 6.26 Å². The highest BCUT2D eigenvalue weighted by Gasteiger charge is 2.24. The van der Waals surface area contributed by atoms with Crippen LogP contribution in [-0.2, 0) is 9.84 Å². The monoisotopic (exact) mass is 254 g/mol. The minimum atomic E-state index is -2.93. The highest BCUT2D eigenvalue weighted by Crippen LogP contribution is 2.18. The second kappa shape index (κ2) is 5.02. The Bertz CT molecular complexity index is 231. The molecule has 0 radical (unpaired) electrons. The van der Waals surface area contributed by atoms with Crippen LogP contribution < -0.4 is 0 Å². The fourth-order valence-electron chi connectivity index (χ4n) is 1.07. The van der Waals surface area contributed by atoms with E-state index in [4.69, 9.17) is 0 Å². The Balaban J connectivity index is 4.35. The predicted molar refractivity (Wildman–Crippen MR) is 56.5 cm³/mol. The van der Waals surface area contributed by atoms with Gasteiger partial charge in [-0.2, -0.15) is 0 Å². The molecular formula is C8H15BrO2S. The lowest BCUT2D eigenvalue weighted by Crippen LogP contribution is -2.27. The number of hydrogen-bond acceptors (Lipinski definition) is 2. The van der Waals surface area contributed by atoms with Gasteiger partial charge in [-0.05, 0) is 12.8 Å². The van der Waals surface area contributed by atoms with Gasteiger partial charge < -0.3 is 0 Å². The Morgan fingerprint density at radius 2 is 2.08 bits per heavy atom. The molecule has 12 heavy (non-hydrogen) atoms. The van der Waals surface area contributed by atoms with E-state index in [0.717, 1.165) is 6.42 Å². The van der Waals surface area contributed by atoms with Gasteiger partial charge in [-0.25, -0.2) is 8.42 Å². The van der Waals surface area contributed by atoms with E-state index in [9.17, 15) is 8.42 Å². The van der Waals surface area contributed by atoms with Crippen LogP contribution in [-0.4, -0.2) is 24.8 Å². The van der Waals surface area contributed by atoms with E-state index in [1.807, 2.05) is 6.92 Å². The van der Waals surface area contributed by atoms with E-state index >= 15 is 0 Å². The predicted octanol–water partition coefficient (Wildman–Crippen LogP) is 2.15. The minimum Gasteiger partial charge on any atom is -0.229 e. The van der Waals surface area contributed by atoms with Gasteiger partial charge in [0.15, 0.2) is 9.84 Å². The lowest BCUT2D eigenvalue weighted by atomic mass is 10.2. The van der Waals surface area contributed by atoms with Gasteiger partial charge in [-0.15, -0.1) is 6.58 Å². The highest BCUT2D eigenvalue weighted by atomic mass is 79.9. The molecule has 0 amide bonds. The first kappa shape index (κ1) is 12.2. The molecule has 0 saturated heterocycles. The first-order valence-corrected chi connectivity index (χ1v) is 6.70. The van der Waals surface area contributed by atoms with Crippen LogP contribution in [0.5, 0.6) is 0 Å². The topological polar surface area (TPSA) is 34.1 Å². The lowest BCUT2D eigenvalue weighted by molar-refractivity contribution is 0.577. The zero-order valence-electron chi connectivity index (χ0n) is 7.46. The van der Waals surface area contributed by atoms with Gasteiger partial charge in [-0.1, -0.05) is 28.9 Å². The van der Waals surface area contributed by atoms with Crippen LogP contribution in [0.4, 0.5) is 0 Å². The van der Waals surface area contributed by atoms with Crippen molar-refractivity contribution >= 4 is 25.8 Å². The molecule has 2 atom stereocenters. The second-order valence-corrected chi connectivity index (χ2v) is 6.62. The van der Waals surface area contributed by atoms with Gasteiger partial charge in [0.1, 0.15) is 0 Å². The molecule has 2 nitrogen and oxygen atoms in total. The third kappa shape index (κ3) is 4.26. The number of halogens is 1. The fraction of sp³-hybridized carbons (Fsp3) is 0.750. The summed E-state index contributed by atoms with van der Waals surface area (Å²) in [6.07, 6.45) is 4.41. The highest BCUT2D eigenvalue weighted by molar-refractivity contribution is 9.09. The summed E-state index contributed by atoms with van der Waals surface area (Å²) < 4.78 is 22.4. The van der Waals surface area contributed by atoms with Crippen molar-refractivity contribution in [1.29, 1.82) is 0 Å². The molecule has 0 aliphatic rings. The average molecular weight is 255 g/mol. The third-order valence-electron chi connectivity index (χ3n) is 1.72. The number of hydrogen-bond donors (Lipinski definition) is 0. The van der Waals surface area contributed by atoms with Crippen LogP contribution in [0.15, 0.2) is 12.7 Å². The van der Waals surface area contributed by atoms with E-state index in [1.54, 1.807) is 6.08 Å². The van der Waals surface area contributed by atoms with Crippen molar-refractivity contribution in [3.05, 3.63) is 12.7 Å². The normalized spacial score (nSPS) is 16.9. The van der Waals surface area contributed by atoms with Gasteiger partial charge >= 0.3 is 0 Å². The Kier molecular flexibility index (Phi) is 5.09. The molecule has 0 aromatic rings. The SMILES string of the molecule is C=CCCC(C(C)Br)S(C)(=O)=O. The van der Waals surface area contributed by atoms with Gasteiger partial charge in [0.05, 0.1) is 5.25 Å². The lowest BCUT2D eigenvalue weighted by Gasteiger charge is -2.16. The Hall–Kier alpha value is 0.170. The Labute approximate surface area is 83.1 Å². The van der Waals surface area contributed by atoms with Crippen molar-refractivity contribution in [3.63, 3.8) is 0 Å². The zero-order chi connectivity index (χ0) is 9.78. The molecule has 0 bridgehead atoms. The van der Waals surface area contributed by atoms with E-state index in [2.05, 4.69) is 22.5 Å². The van der Waals surface area contributed by atoms with E-state index < -0.39 is 9.84 Å². The molecule has 0 fully saturated rings. The molecule has 0 saturated carbocycles. The van der Waals surface area contributed by atoms with Crippen molar-refractivity contribution < 1.29 is 8.42 Å². The zero-order valence-corrected chi connectivity index (χ0v) is 9.86. The van der Waals surface area contributed by atoms with Crippen LogP contribution in [0.2, 0.25) is 0 Å². The fourth-order valence-corrected chi connectivity index (χ4v) is 3.75.